The van der Waals surface area contributed by atoms with Crippen molar-refractivity contribution in [2.45, 2.75) is 37.5 Å². The van der Waals surface area contributed by atoms with E-state index in [2.05, 4.69) is 17.3 Å². The van der Waals surface area contributed by atoms with Crippen LogP contribution in [0.5, 0.6) is 0 Å². The standard InChI is InChI=1S/C14H28N2O3/c1-16(9-10-17-2)8-7-15-13-3-5-14(6-4-13)18-11-12-19-14/h13,15H,3-12H2,1-2H3. The first kappa shape index (κ1) is 15.2. The summed E-state index contributed by atoms with van der Waals surface area (Å²) in [6.07, 6.45) is 4.37. The topological polar surface area (TPSA) is 43.0 Å². The Bertz CT molecular complexity index is 247. The molecule has 0 unspecified atom stereocenters. The number of methoxy groups -OCH3 is 1. The molecule has 0 atom stereocenters. The number of hydrogen-bond acceptors (Lipinski definition) is 5. The van der Waals surface area contributed by atoms with Gasteiger partial charge in [0.25, 0.3) is 0 Å². The van der Waals surface area contributed by atoms with Gasteiger partial charge in [-0.2, -0.15) is 0 Å². The molecule has 1 saturated heterocycles. The average Bonchev–Trinajstić information content (AvgIpc) is 2.87. The van der Waals surface area contributed by atoms with Gasteiger partial charge in [0.15, 0.2) is 5.79 Å². The highest BCUT2D eigenvalue weighted by molar-refractivity contribution is 4.85. The summed E-state index contributed by atoms with van der Waals surface area (Å²) in [5, 5.41) is 3.64. The molecule has 1 N–H and O–H groups in total. The highest BCUT2D eigenvalue weighted by Crippen LogP contribution is 2.35. The second-order valence-corrected chi connectivity index (χ2v) is 5.63. The zero-order valence-corrected chi connectivity index (χ0v) is 12.3. The Kier molecular flexibility index (Phi) is 6.04. The summed E-state index contributed by atoms with van der Waals surface area (Å²) < 4.78 is 16.6. The van der Waals surface area contributed by atoms with Crippen LogP contribution in [0.3, 0.4) is 0 Å². The molecule has 1 aliphatic heterocycles. The summed E-state index contributed by atoms with van der Waals surface area (Å²) in [7, 11) is 3.88. The van der Waals surface area contributed by atoms with Crippen LogP contribution < -0.4 is 5.32 Å². The fraction of sp³-hybridized carbons (Fsp3) is 1.00. The molecule has 1 saturated carbocycles. The van der Waals surface area contributed by atoms with Crippen LogP contribution >= 0.6 is 0 Å². The predicted molar refractivity (Wildman–Crippen MR) is 74.3 cm³/mol. The normalized spacial score (nSPS) is 23.5. The lowest BCUT2D eigenvalue weighted by atomic mass is 9.90. The van der Waals surface area contributed by atoms with Crippen molar-refractivity contribution < 1.29 is 14.2 Å². The van der Waals surface area contributed by atoms with Gasteiger partial charge in [-0.1, -0.05) is 0 Å². The first-order valence-electron chi connectivity index (χ1n) is 7.43. The summed E-state index contributed by atoms with van der Waals surface area (Å²) >= 11 is 0. The van der Waals surface area contributed by atoms with E-state index in [1.165, 1.54) is 0 Å². The van der Waals surface area contributed by atoms with Gasteiger partial charge in [0.05, 0.1) is 19.8 Å². The van der Waals surface area contributed by atoms with Crippen LogP contribution in [0.1, 0.15) is 25.7 Å². The first-order valence-corrected chi connectivity index (χ1v) is 7.43. The zero-order chi connectivity index (χ0) is 13.6. The third kappa shape index (κ3) is 4.68. The molecule has 1 spiro atoms. The van der Waals surface area contributed by atoms with Crippen LogP contribution in [0.25, 0.3) is 0 Å². The van der Waals surface area contributed by atoms with Crippen molar-refractivity contribution in [3.63, 3.8) is 0 Å². The van der Waals surface area contributed by atoms with E-state index in [0.717, 1.165) is 65.1 Å². The predicted octanol–water partition coefficient (Wildman–Crippen LogP) is 0.840. The van der Waals surface area contributed by atoms with Gasteiger partial charge in [0.1, 0.15) is 0 Å². The van der Waals surface area contributed by atoms with E-state index in [1.54, 1.807) is 7.11 Å². The molecule has 5 nitrogen and oxygen atoms in total. The third-order valence-corrected chi connectivity index (χ3v) is 4.16. The molecule has 0 aromatic carbocycles. The smallest absolute Gasteiger partial charge is 0.168 e. The van der Waals surface area contributed by atoms with Crippen molar-refractivity contribution in [3.05, 3.63) is 0 Å². The molecule has 2 rings (SSSR count). The summed E-state index contributed by atoms with van der Waals surface area (Å²) in [5.41, 5.74) is 0. The zero-order valence-electron chi connectivity index (χ0n) is 12.3. The highest BCUT2D eigenvalue weighted by atomic mass is 16.7. The molecule has 0 bridgehead atoms. The van der Waals surface area contributed by atoms with E-state index < -0.39 is 0 Å². The van der Waals surface area contributed by atoms with Crippen molar-refractivity contribution in [2.24, 2.45) is 0 Å². The van der Waals surface area contributed by atoms with Gasteiger partial charge >= 0.3 is 0 Å². The van der Waals surface area contributed by atoms with Gasteiger partial charge in [0.2, 0.25) is 0 Å². The maximum Gasteiger partial charge on any atom is 0.168 e. The maximum atomic E-state index is 5.74. The number of hydrogen-bond donors (Lipinski definition) is 1. The minimum Gasteiger partial charge on any atom is -0.383 e. The number of likely N-dealkylation sites (N-methyl/N-ethyl adjacent to an activating group) is 1. The molecular weight excluding hydrogens is 244 g/mol. The number of rotatable bonds is 7. The van der Waals surface area contributed by atoms with E-state index >= 15 is 0 Å². The molecule has 19 heavy (non-hydrogen) atoms. The van der Waals surface area contributed by atoms with Crippen molar-refractivity contribution >= 4 is 0 Å². The van der Waals surface area contributed by atoms with Gasteiger partial charge in [-0.05, 0) is 19.9 Å². The second-order valence-electron chi connectivity index (χ2n) is 5.63. The van der Waals surface area contributed by atoms with Crippen molar-refractivity contribution in [1.29, 1.82) is 0 Å². The third-order valence-electron chi connectivity index (χ3n) is 4.16. The molecule has 2 fully saturated rings. The van der Waals surface area contributed by atoms with Gasteiger partial charge in [0, 0.05) is 45.6 Å². The summed E-state index contributed by atoms with van der Waals surface area (Å²) in [6, 6.07) is 0.620. The summed E-state index contributed by atoms with van der Waals surface area (Å²) in [5.74, 6) is -0.229. The molecule has 0 radical (unpaired) electrons. The molecule has 0 aromatic heterocycles. The molecule has 1 heterocycles. The molecule has 0 amide bonds. The van der Waals surface area contributed by atoms with Crippen molar-refractivity contribution in [1.82, 2.24) is 10.2 Å². The lowest BCUT2D eigenvalue weighted by Crippen LogP contribution is -2.44. The molecule has 112 valence electrons. The maximum absolute atomic E-state index is 5.74. The molecule has 1 aliphatic carbocycles. The SMILES string of the molecule is COCCN(C)CCNC1CCC2(CC1)OCCO2. The molecule has 5 heteroatoms. The average molecular weight is 272 g/mol. The fourth-order valence-electron chi connectivity index (χ4n) is 2.87. The second kappa shape index (κ2) is 7.55. The van der Waals surface area contributed by atoms with E-state index in [4.69, 9.17) is 14.2 Å². The molecular formula is C14H28N2O3. The van der Waals surface area contributed by atoms with E-state index in [-0.39, 0.29) is 5.79 Å². The van der Waals surface area contributed by atoms with Crippen LogP contribution in [0.15, 0.2) is 0 Å². The highest BCUT2D eigenvalue weighted by Gasteiger charge is 2.39. The van der Waals surface area contributed by atoms with Crippen LogP contribution in [0.4, 0.5) is 0 Å². The van der Waals surface area contributed by atoms with E-state index in [9.17, 15) is 0 Å². The van der Waals surface area contributed by atoms with Crippen LogP contribution in [-0.2, 0) is 14.2 Å². The summed E-state index contributed by atoms with van der Waals surface area (Å²) in [6.45, 7) is 5.44. The minimum absolute atomic E-state index is 0.229. The Morgan fingerprint density at radius 3 is 2.53 bits per heavy atom. The van der Waals surface area contributed by atoms with Gasteiger partial charge in [-0.15, -0.1) is 0 Å². The first-order chi connectivity index (χ1) is 9.24. The Hall–Kier alpha value is -0.200. The van der Waals surface area contributed by atoms with Gasteiger partial charge in [-0.25, -0.2) is 0 Å². The van der Waals surface area contributed by atoms with Gasteiger partial charge < -0.3 is 24.4 Å². The van der Waals surface area contributed by atoms with Crippen LogP contribution in [0, 0.1) is 0 Å². The van der Waals surface area contributed by atoms with Crippen molar-refractivity contribution in [2.75, 3.05) is 53.6 Å². The largest absolute Gasteiger partial charge is 0.383 e. The van der Waals surface area contributed by atoms with E-state index in [1.807, 2.05) is 0 Å². The van der Waals surface area contributed by atoms with Crippen LogP contribution in [-0.4, -0.2) is 70.3 Å². The monoisotopic (exact) mass is 272 g/mol. The number of ether oxygens (including phenoxy) is 3. The molecule has 2 aliphatic rings. The van der Waals surface area contributed by atoms with E-state index in [0.29, 0.717) is 6.04 Å². The Balaban J connectivity index is 1.55. The van der Waals surface area contributed by atoms with Crippen molar-refractivity contribution in [3.8, 4) is 0 Å². The fourth-order valence-corrected chi connectivity index (χ4v) is 2.87. The lowest BCUT2D eigenvalue weighted by molar-refractivity contribution is -0.179. The lowest BCUT2D eigenvalue weighted by Gasteiger charge is -2.35. The Morgan fingerprint density at radius 1 is 1.21 bits per heavy atom. The Labute approximate surface area is 116 Å². The number of nitrogens with zero attached hydrogens (tertiary/aromatic N) is 1. The van der Waals surface area contributed by atoms with Gasteiger partial charge in [-0.3, -0.25) is 0 Å². The quantitative estimate of drug-likeness (QED) is 0.744. The van der Waals surface area contributed by atoms with Crippen LogP contribution in [0.2, 0.25) is 0 Å². The summed E-state index contributed by atoms with van der Waals surface area (Å²) in [4.78, 5) is 2.30. The number of nitrogens with one attached hydrogen (secondary N) is 1. The minimum atomic E-state index is -0.229. The molecule has 0 aromatic rings. The Morgan fingerprint density at radius 2 is 1.89 bits per heavy atom.